The monoisotopic (exact) mass is 494 g/mol. The number of nitrogens with zero attached hydrogens (tertiary/aromatic N) is 1. The minimum absolute atomic E-state index is 0.114. The van der Waals surface area contributed by atoms with Crippen LogP contribution in [0.15, 0.2) is 36.4 Å². The molecule has 0 saturated carbocycles. The lowest BCUT2D eigenvalue weighted by Crippen LogP contribution is -2.44. The fourth-order valence-electron chi connectivity index (χ4n) is 4.13. The Morgan fingerprint density at radius 1 is 1.15 bits per heavy atom. The molecule has 1 aliphatic rings. The summed E-state index contributed by atoms with van der Waals surface area (Å²) in [5, 5.41) is 0.964. The normalized spacial score (nSPS) is 16.6. The van der Waals surface area contributed by atoms with Gasteiger partial charge in [0.05, 0.1) is 28.6 Å². The number of carbonyl (C=O) groups excluding carboxylic acids is 1. The molecule has 6 nitrogen and oxygen atoms in total. The molecule has 1 heterocycles. The van der Waals surface area contributed by atoms with E-state index in [4.69, 9.17) is 43.1 Å². The smallest absolute Gasteiger partial charge is 0.227 e. The number of rotatable bonds is 11. The summed E-state index contributed by atoms with van der Waals surface area (Å²) in [6.45, 7) is 4.24. The van der Waals surface area contributed by atoms with Crippen LogP contribution in [0.25, 0.3) is 0 Å². The van der Waals surface area contributed by atoms with Crippen molar-refractivity contribution in [3.63, 3.8) is 0 Å². The van der Waals surface area contributed by atoms with E-state index in [9.17, 15) is 4.79 Å². The van der Waals surface area contributed by atoms with Crippen LogP contribution in [0.3, 0.4) is 0 Å². The van der Waals surface area contributed by atoms with E-state index in [1.807, 2.05) is 48.2 Å². The van der Waals surface area contributed by atoms with Crippen molar-refractivity contribution in [3.8, 4) is 11.5 Å². The maximum atomic E-state index is 13.0. The van der Waals surface area contributed by atoms with E-state index >= 15 is 0 Å². The zero-order chi connectivity index (χ0) is 23.8. The van der Waals surface area contributed by atoms with Crippen molar-refractivity contribution in [1.82, 2.24) is 4.90 Å². The number of carbonyl (C=O) groups is 1. The van der Waals surface area contributed by atoms with Crippen LogP contribution in [-0.4, -0.2) is 56.9 Å². The molecule has 0 aromatic heterocycles. The average Bonchev–Trinajstić information content (AvgIpc) is 3.25. The van der Waals surface area contributed by atoms with Gasteiger partial charge in [-0.25, -0.2) is 0 Å². The van der Waals surface area contributed by atoms with Gasteiger partial charge in [-0.15, -0.1) is 0 Å². The van der Waals surface area contributed by atoms with Crippen molar-refractivity contribution in [2.75, 3.05) is 40.0 Å². The van der Waals surface area contributed by atoms with Crippen molar-refractivity contribution < 1.29 is 19.0 Å². The molecule has 0 spiro atoms. The third kappa shape index (κ3) is 7.00. The minimum Gasteiger partial charge on any atom is -0.490 e. The van der Waals surface area contributed by atoms with Crippen molar-refractivity contribution in [1.29, 1.82) is 0 Å². The highest BCUT2D eigenvalue weighted by Gasteiger charge is 2.32. The molecule has 8 heteroatoms. The van der Waals surface area contributed by atoms with Crippen LogP contribution in [-0.2, 0) is 16.0 Å². The Bertz CT molecular complexity index is 900. The Balaban J connectivity index is 1.49. The SMILES string of the molecule is COCC1CCCN1C(=O)C(CN)Cc1ccc(OCCOc2c(Cl)cc(C)cc2Cl)cc1. The molecule has 3 rings (SSSR count). The van der Waals surface area contributed by atoms with Crippen LogP contribution in [0.4, 0.5) is 0 Å². The highest BCUT2D eigenvalue weighted by molar-refractivity contribution is 6.37. The van der Waals surface area contributed by atoms with Gasteiger partial charge in [-0.3, -0.25) is 4.79 Å². The van der Waals surface area contributed by atoms with Crippen LogP contribution in [0, 0.1) is 12.8 Å². The quantitative estimate of drug-likeness (QED) is 0.465. The van der Waals surface area contributed by atoms with E-state index in [2.05, 4.69) is 0 Å². The molecule has 1 fully saturated rings. The molecule has 2 unspecified atom stereocenters. The van der Waals surface area contributed by atoms with Gasteiger partial charge in [0, 0.05) is 20.2 Å². The molecule has 0 bridgehead atoms. The topological polar surface area (TPSA) is 74.0 Å². The second-order valence-corrected chi connectivity index (χ2v) is 9.13. The number of amides is 1. The van der Waals surface area contributed by atoms with Crippen molar-refractivity contribution in [2.24, 2.45) is 11.7 Å². The molecule has 0 aliphatic carbocycles. The molecule has 0 radical (unpaired) electrons. The predicted molar refractivity (Wildman–Crippen MR) is 131 cm³/mol. The van der Waals surface area contributed by atoms with E-state index in [1.165, 1.54) is 0 Å². The highest BCUT2D eigenvalue weighted by Crippen LogP contribution is 2.34. The van der Waals surface area contributed by atoms with Gasteiger partial charge in [0.25, 0.3) is 0 Å². The lowest BCUT2D eigenvalue weighted by atomic mass is 9.97. The van der Waals surface area contributed by atoms with Gasteiger partial charge in [0.1, 0.15) is 19.0 Å². The Labute approximate surface area is 205 Å². The number of aryl methyl sites for hydroxylation is 1. The summed E-state index contributed by atoms with van der Waals surface area (Å²) in [6, 6.07) is 11.5. The standard InChI is InChI=1S/C25H32Cl2N2O4/c1-17-12-22(26)24(23(27)13-17)33-11-10-32-21-7-5-18(6-8-21)14-19(15-28)25(30)29-9-3-4-20(29)16-31-2/h5-8,12-13,19-20H,3-4,9-11,14-16,28H2,1-2H3. The number of nitrogens with two attached hydrogens (primary N) is 1. The Hall–Kier alpha value is -1.99. The van der Waals surface area contributed by atoms with E-state index in [1.54, 1.807) is 7.11 Å². The van der Waals surface area contributed by atoms with Crippen molar-refractivity contribution in [2.45, 2.75) is 32.2 Å². The number of ether oxygens (including phenoxy) is 3. The summed E-state index contributed by atoms with van der Waals surface area (Å²) in [7, 11) is 1.67. The molecule has 2 aromatic rings. The van der Waals surface area contributed by atoms with Gasteiger partial charge in [0.2, 0.25) is 5.91 Å². The van der Waals surface area contributed by atoms with Gasteiger partial charge in [-0.1, -0.05) is 35.3 Å². The summed E-state index contributed by atoms with van der Waals surface area (Å²) in [5.74, 6) is 1.06. The Morgan fingerprint density at radius 3 is 2.45 bits per heavy atom. The summed E-state index contributed by atoms with van der Waals surface area (Å²) in [5.41, 5.74) is 7.98. The first-order valence-electron chi connectivity index (χ1n) is 11.2. The highest BCUT2D eigenvalue weighted by atomic mass is 35.5. The number of hydrogen-bond donors (Lipinski definition) is 1. The molecule has 2 atom stereocenters. The molecule has 33 heavy (non-hydrogen) atoms. The number of hydrogen-bond acceptors (Lipinski definition) is 5. The largest absolute Gasteiger partial charge is 0.490 e. The molecule has 180 valence electrons. The molecular formula is C25H32Cl2N2O4. The summed E-state index contributed by atoms with van der Waals surface area (Å²) >= 11 is 12.4. The number of benzene rings is 2. The maximum Gasteiger partial charge on any atom is 0.227 e. The maximum absolute atomic E-state index is 13.0. The molecular weight excluding hydrogens is 463 g/mol. The molecule has 2 N–H and O–H groups in total. The lowest BCUT2D eigenvalue weighted by molar-refractivity contribution is -0.136. The lowest BCUT2D eigenvalue weighted by Gasteiger charge is -2.28. The first kappa shape index (κ1) is 25.6. The third-order valence-corrected chi connectivity index (χ3v) is 6.36. The van der Waals surface area contributed by atoms with E-state index in [0.717, 1.165) is 36.3 Å². The number of halogens is 2. The van der Waals surface area contributed by atoms with Gasteiger partial charge >= 0.3 is 0 Å². The van der Waals surface area contributed by atoms with Crippen LogP contribution in [0.2, 0.25) is 10.0 Å². The fourth-order valence-corrected chi connectivity index (χ4v) is 4.84. The number of methoxy groups -OCH3 is 1. The molecule has 2 aromatic carbocycles. The Morgan fingerprint density at radius 2 is 1.82 bits per heavy atom. The molecule has 1 aliphatic heterocycles. The second-order valence-electron chi connectivity index (χ2n) is 8.32. The third-order valence-electron chi connectivity index (χ3n) is 5.80. The van der Waals surface area contributed by atoms with Crippen molar-refractivity contribution >= 4 is 29.1 Å². The Kier molecular flexibility index (Phi) is 9.68. The summed E-state index contributed by atoms with van der Waals surface area (Å²) in [4.78, 5) is 15.0. The zero-order valence-corrected chi connectivity index (χ0v) is 20.7. The van der Waals surface area contributed by atoms with Gasteiger partial charge < -0.3 is 24.8 Å². The average molecular weight is 495 g/mol. The summed E-state index contributed by atoms with van der Waals surface area (Å²) < 4.78 is 16.7. The number of likely N-dealkylation sites (tertiary alicyclic amines) is 1. The predicted octanol–water partition coefficient (Wildman–Crippen LogP) is 4.51. The van der Waals surface area contributed by atoms with E-state index in [-0.39, 0.29) is 17.9 Å². The zero-order valence-electron chi connectivity index (χ0n) is 19.2. The van der Waals surface area contributed by atoms with Gasteiger partial charge in [0.15, 0.2) is 5.75 Å². The fraction of sp³-hybridized carbons (Fsp3) is 0.480. The first-order valence-corrected chi connectivity index (χ1v) is 12.0. The first-order chi connectivity index (χ1) is 15.9. The molecule has 1 saturated heterocycles. The van der Waals surface area contributed by atoms with Crippen LogP contribution in [0.5, 0.6) is 11.5 Å². The van der Waals surface area contributed by atoms with Crippen molar-refractivity contribution in [3.05, 3.63) is 57.6 Å². The van der Waals surface area contributed by atoms with Gasteiger partial charge in [-0.05, 0) is 61.6 Å². The van der Waals surface area contributed by atoms with Crippen LogP contribution in [0.1, 0.15) is 24.0 Å². The molecule has 1 amide bonds. The van der Waals surface area contributed by atoms with E-state index in [0.29, 0.717) is 48.6 Å². The second kappa shape index (κ2) is 12.5. The van der Waals surface area contributed by atoms with E-state index < -0.39 is 0 Å². The minimum atomic E-state index is -0.244. The van der Waals surface area contributed by atoms with Crippen LogP contribution < -0.4 is 15.2 Å². The summed E-state index contributed by atoms with van der Waals surface area (Å²) in [6.07, 6.45) is 2.59. The van der Waals surface area contributed by atoms with Gasteiger partial charge in [-0.2, -0.15) is 0 Å². The van der Waals surface area contributed by atoms with Crippen LogP contribution >= 0.6 is 23.2 Å².